The second-order valence-electron chi connectivity index (χ2n) is 5.68. The summed E-state index contributed by atoms with van der Waals surface area (Å²) in [5.74, 6) is 0.922. The Morgan fingerprint density at radius 1 is 1.28 bits per heavy atom. The lowest BCUT2D eigenvalue weighted by Gasteiger charge is -2.20. The summed E-state index contributed by atoms with van der Waals surface area (Å²) in [7, 11) is 6.32. The number of carbonyl (C=O) groups is 2. The van der Waals surface area contributed by atoms with Gasteiger partial charge in [0.25, 0.3) is 0 Å². The van der Waals surface area contributed by atoms with Gasteiger partial charge in [0, 0.05) is 44.9 Å². The monoisotopic (exact) mass is 353 g/mol. The number of benzene rings is 1. The minimum absolute atomic E-state index is 0.0399. The molecular formula is C17H27N3O5. The molecule has 1 aromatic rings. The van der Waals surface area contributed by atoms with Gasteiger partial charge in [-0.25, -0.2) is 4.79 Å². The van der Waals surface area contributed by atoms with E-state index < -0.39 is 12.2 Å². The molecule has 1 atom stereocenters. The third-order valence-electron chi connectivity index (χ3n) is 3.53. The van der Waals surface area contributed by atoms with E-state index >= 15 is 0 Å². The van der Waals surface area contributed by atoms with E-state index in [9.17, 15) is 9.59 Å². The quantitative estimate of drug-likeness (QED) is 0.547. The highest BCUT2D eigenvalue weighted by molar-refractivity contribution is 5.75. The number of nitrogens with two attached hydrogens (primary N) is 1. The number of carbonyl (C=O) groups excluding carboxylic acids is 2. The van der Waals surface area contributed by atoms with Crippen LogP contribution >= 0.6 is 0 Å². The van der Waals surface area contributed by atoms with Crippen molar-refractivity contribution in [2.45, 2.75) is 25.9 Å². The van der Waals surface area contributed by atoms with E-state index in [2.05, 4.69) is 5.32 Å². The number of hydrogen-bond acceptors (Lipinski definition) is 6. The summed E-state index contributed by atoms with van der Waals surface area (Å²) in [5, 5.41) is 2.55. The Labute approximate surface area is 148 Å². The van der Waals surface area contributed by atoms with Crippen LogP contribution in [0.5, 0.6) is 11.5 Å². The molecule has 1 unspecified atom stereocenters. The lowest BCUT2D eigenvalue weighted by molar-refractivity contribution is -0.120. The summed E-state index contributed by atoms with van der Waals surface area (Å²) in [4.78, 5) is 24.2. The lowest BCUT2D eigenvalue weighted by Crippen LogP contribution is -2.24. The number of methoxy groups -OCH3 is 1. The fourth-order valence-electron chi connectivity index (χ4n) is 2.08. The number of ether oxygens (including phenoxy) is 3. The van der Waals surface area contributed by atoms with E-state index in [1.54, 1.807) is 40.2 Å². The van der Waals surface area contributed by atoms with Crippen molar-refractivity contribution in [2.75, 3.05) is 40.6 Å². The summed E-state index contributed by atoms with van der Waals surface area (Å²) >= 11 is 0. The van der Waals surface area contributed by atoms with Crippen LogP contribution in [0, 0.1) is 0 Å². The van der Waals surface area contributed by atoms with Crippen molar-refractivity contribution in [1.29, 1.82) is 0 Å². The van der Waals surface area contributed by atoms with E-state index in [-0.39, 0.29) is 5.91 Å². The van der Waals surface area contributed by atoms with Crippen molar-refractivity contribution in [2.24, 2.45) is 0 Å². The number of hydrogen-bond donors (Lipinski definition) is 2. The van der Waals surface area contributed by atoms with E-state index in [1.807, 2.05) is 0 Å². The van der Waals surface area contributed by atoms with Crippen LogP contribution < -0.4 is 20.5 Å². The molecule has 0 saturated heterocycles. The molecule has 0 radical (unpaired) electrons. The molecule has 1 rings (SSSR count). The van der Waals surface area contributed by atoms with Crippen LogP contribution in [0.15, 0.2) is 12.1 Å². The van der Waals surface area contributed by atoms with Gasteiger partial charge in [-0.05, 0) is 19.4 Å². The molecule has 0 bridgehead atoms. The van der Waals surface area contributed by atoms with Gasteiger partial charge in [-0.2, -0.15) is 0 Å². The Kier molecular flexibility index (Phi) is 7.84. The number of nitrogens with one attached hydrogen (secondary N) is 1. The Morgan fingerprint density at radius 2 is 1.96 bits per heavy atom. The second kappa shape index (κ2) is 9.61. The summed E-state index contributed by atoms with van der Waals surface area (Å²) in [6, 6.07) is 3.32. The number of rotatable bonds is 8. The third-order valence-corrected chi connectivity index (χ3v) is 3.53. The zero-order valence-corrected chi connectivity index (χ0v) is 15.4. The molecule has 0 heterocycles. The number of anilines is 1. The number of amides is 2. The van der Waals surface area contributed by atoms with Gasteiger partial charge in [0.05, 0.1) is 13.7 Å². The average molecular weight is 353 g/mol. The van der Waals surface area contributed by atoms with Crippen molar-refractivity contribution in [3.05, 3.63) is 17.7 Å². The van der Waals surface area contributed by atoms with Crippen LogP contribution in [0.4, 0.5) is 10.5 Å². The van der Waals surface area contributed by atoms with Crippen LogP contribution in [0.2, 0.25) is 0 Å². The summed E-state index contributed by atoms with van der Waals surface area (Å²) in [6.45, 7) is 2.09. The first-order valence-corrected chi connectivity index (χ1v) is 7.98. The molecule has 0 aliphatic carbocycles. The highest BCUT2D eigenvalue weighted by atomic mass is 16.6. The molecule has 2 amide bonds. The SMILES string of the molecule is CNC(=O)CCCOc1cc(N)c(C(C)OC(=O)N(C)C)cc1OC. The van der Waals surface area contributed by atoms with Gasteiger partial charge in [0.1, 0.15) is 6.10 Å². The molecule has 25 heavy (non-hydrogen) atoms. The largest absolute Gasteiger partial charge is 0.493 e. The number of nitrogen functional groups attached to an aromatic ring is 1. The molecule has 140 valence electrons. The Morgan fingerprint density at radius 3 is 2.52 bits per heavy atom. The predicted octanol–water partition coefficient (Wildman–Crippen LogP) is 1.94. The zero-order valence-electron chi connectivity index (χ0n) is 15.4. The maximum Gasteiger partial charge on any atom is 0.409 e. The highest BCUT2D eigenvalue weighted by Gasteiger charge is 2.19. The first kappa shape index (κ1) is 20.4. The van der Waals surface area contributed by atoms with Crippen LogP contribution in [0.25, 0.3) is 0 Å². The van der Waals surface area contributed by atoms with E-state index in [0.717, 1.165) is 0 Å². The van der Waals surface area contributed by atoms with Crippen molar-refractivity contribution >= 4 is 17.7 Å². The summed E-state index contributed by atoms with van der Waals surface area (Å²) < 4.78 is 16.3. The molecule has 8 nitrogen and oxygen atoms in total. The maximum absolute atomic E-state index is 11.7. The van der Waals surface area contributed by atoms with E-state index in [0.29, 0.717) is 42.2 Å². The normalized spacial score (nSPS) is 11.4. The van der Waals surface area contributed by atoms with Gasteiger partial charge in [0.15, 0.2) is 11.5 Å². The minimum atomic E-state index is -0.536. The Hall–Kier alpha value is -2.64. The fourth-order valence-corrected chi connectivity index (χ4v) is 2.08. The molecule has 1 aromatic carbocycles. The van der Waals surface area contributed by atoms with Gasteiger partial charge < -0.3 is 30.2 Å². The smallest absolute Gasteiger partial charge is 0.409 e. The van der Waals surface area contributed by atoms with Crippen LogP contribution in [-0.4, -0.2) is 51.8 Å². The van der Waals surface area contributed by atoms with Gasteiger partial charge in [-0.15, -0.1) is 0 Å². The van der Waals surface area contributed by atoms with Gasteiger partial charge >= 0.3 is 6.09 Å². The minimum Gasteiger partial charge on any atom is -0.493 e. The molecule has 0 aliphatic rings. The molecule has 0 spiro atoms. The van der Waals surface area contributed by atoms with Crippen LogP contribution in [-0.2, 0) is 9.53 Å². The topological polar surface area (TPSA) is 103 Å². The van der Waals surface area contributed by atoms with E-state index in [4.69, 9.17) is 19.9 Å². The van der Waals surface area contributed by atoms with Crippen LogP contribution in [0.3, 0.4) is 0 Å². The second-order valence-corrected chi connectivity index (χ2v) is 5.68. The molecular weight excluding hydrogens is 326 g/mol. The molecule has 0 saturated carbocycles. The summed E-state index contributed by atoms with van der Waals surface area (Å²) in [6.07, 6.45) is -0.0443. The summed E-state index contributed by atoms with van der Waals surface area (Å²) in [5.41, 5.74) is 7.13. The first-order chi connectivity index (χ1) is 11.8. The molecule has 0 aliphatic heterocycles. The third kappa shape index (κ3) is 6.06. The van der Waals surface area contributed by atoms with Gasteiger partial charge in [0.2, 0.25) is 5.91 Å². The highest BCUT2D eigenvalue weighted by Crippen LogP contribution is 2.36. The van der Waals surface area contributed by atoms with Crippen molar-refractivity contribution < 1.29 is 23.8 Å². The maximum atomic E-state index is 11.7. The van der Waals surface area contributed by atoms with Crippen LogP contribution in [0.1, 0.15) is 31.4 Å². The standard InChI is InChI=1S/C17H27N3O5/c1-11(25-17(22)20(3)4)12-9-14(23-5)15(10-13(12)18)24-8-6-7-16(21)19-2/h9-11H,6-8,18H2,1-5H3,(H,19,21). The van der Waals surface area contributed by atoms with Crippen molar-refractivity contribution in [3.8, 4) is 11.5 Å². The average Bonchev–Trinajstić information content (AvgIpc) is 2.58. The molecule has 3 N–H and O–H groups in total. The Balaban J connectivity index is 2.81. The molecule has 0 aromatic heterocycles. The van der Waals surface area contributed by atoms with Gasteiger partial charge in [-0.3, -0.25) is 4.79 Å². The fraction of sp³-hybridized carbons (Fsp3) is 0.529. The molecule has 0 fully saturated rings. The van der Waals surface area contributed by atoms with Gasteiger partial charge in [-0.1, -0.05) is 0 Å². The Bertz CT molecular complexity index is 604. The van der Waals surface area contributed by atoms with E-state index in [1.165, 1.54) is 12.0 Å². The predicted molar refractivity (Wildman–Crippen MR) is 94.8 cm³/mol. The lowest BCUT2D eigenvalue weighted by atomic mass is 10.1. The zero-order chi connectivity index (χ0) is 19.0. The first-order valence-electron chi connectivity index (χ1n) is 7.98. The number of nitrogens with zero attached hydrogens (tertiary/aromatic N) is 1. The molecule has 8 heteroatoms. The van der Waals surface area contributed by atoms with Crippen molar-refractivity contribution in [1.82, 2.24) is 10.2 Å². The van der Waals surface area contributed by atoms with Crippen molar-refractivity contribution in [3.63, 3.8) is 0 Å².